The first-order chi connectivity index (χ1) is 7.81. The highest BCUT2D eigenvalue weighted by Gasteiger charge is 2.05. The van der Waals surface area contributed by atoms with Crippen molar-refractivity contribution in [3.63, 3.8) is 0 Å². The maximum atomic E-state index is 5.71. The Morgan fingerprint density at radius 2 is 2.19 bits per heavy atom. The van der Waals surface area contributed by atoms with Gasteiger partial charge in [0.2, 0.25) is 0 Å². The molecule has 0 bridgehead atoms. The van der Waals surface area contributed by atoms with Crippen molar-refractivity contribution in [2.45, 2.75) is 25.9 Å². The number of benzene rings is 1. The number of halogens is 1. The molecule has 1 heterocycles. The quantitative estimate of drug-likeness (QED) is 0.794. The first-order valence-corrected chi connectivity index (χ1v) is 6.97. The van der Waals surface area contributed by atoms with Gasteiger partial charge in [0.25, 0.3) is 0 Å². The summed E-state index contributed by atoms with van der Waals surface area (Å²) in [5, 5.41) is 7.11. The van der Waals surface area contributed by atoms with Gasteiger partial charge in [-0.05, 0) is 35.7 Å². The molecule has 1 atom stereocenters. The molecular weight excluding hydrogens is 238 g/mol. The minimum atomic E-state index is 0.483. The van der Waals surface area contributed by atoms with Crippen molar-refractivity contribution in [1.29, 1.82) is 0 Å². The van der Waals surface area contributed by atoms with E-state index in [-0.39, 0.29) is 0 Å². The fraction of sp³-hybridized carbons (Fsp3) is 0.385. The highest BCUT2D eigenvalue weighted by molar-refractivity contribution is 7.17. The fourth-order valence-corrected chi connectivity index (χ4v) is 3.01. The van der Waals surface area contributed by atoms with E-state index in [1.165, 1.54) is 15.6 Å². The van der Waals surface area contributed by atoms with Gasteiger partial charge in [-0.25, -0.2) is 0 Å². The molecule has 0 amide bonds. The molecule has 0 saturated heterocycles. The SMILES string of the molecule is CC(CCCl)NCc1csc2ccccc12. The summed E-state index contributed by atoms with van der Waals surface area (Å²) in [7, 11) is 0. The van der Waals surface area contributed by atoms with Gasteiger partial charge in [0.1, 0.15) is 0 Å². The van der Waals surface area contributed by atoms with Crippen molar-refractivity contribution in [2.75, 3.05) is 5.88 Å². The number of hydrogen-bond donors (Lipinski definition) is 1. The lowest BCUT2D eigenvalue weighted by atomic mass is 10.1. The van der Waals surface area contributed by atoms with Crippen molar-refractivity contribution in [1.82, 2.24) is 5.32 Å². The minimum Gasteiger partial charge on any atom is -0.310 e. The molecule has 0 saturated carbocycles. The van der Waals surface area contributed by atoms with E-state index in [4.69, 9.17) is 11.6 Å². The summed E-state index contributed by atoms with van der Waals surface area (Å²) >= 11 is 7.53. The largest absolute Gasteiger partial charge is 0.310 e. The first-order valence-electron chi connectivity index (χ1n) is 5.55. The number of fused-ring (bicyclic) bond motifs is 1. The highest BCUT2D eigenvalue weighted by Crippen LogP contribution is 2.25. The van der Waals surface area contributed by atoms with Crippen LogP contribution >= 0.6 is 22.9 Å². The molecule has 0 fully saturated rings. The number of rotatable bonds is 5. The number of nitrogens with one attached hydrogen (secondary N) is 1. The summed E-state index contributed by atoms with van der Waals surface area (Å²) in [6, 6.07) is 9.03. The Morgan fingerprint density at radius 1 is 1.38 bits per heavy atom. The van der Waals surface area contributed by atoms with E-state index < -0.39 is 0 Å². The predicted octanol–water partition coefficient (Wildman–Crippen LogP) is 4.01. The zero-order valence-electron chi connectivity index (χ0n) is 9.37. The van der Waals surface area contributed by atoms with E-state index in [1.54, 1.807) is 0 Å². The van der Waals surface area contributed by atoms with E-state index in [2.05, 4.69) is 41.9 Å². The van der Waals surface area contributed by atoms with Gasteiger partial charge >= 0.3 is 0 Å². The van der Waals surface area contributed by atoms with Crippen LogP contribution < -0.4 is 5.32 Å². The summed E-state index contributed by atoms with van der Waals surface area (Å²) in [4.78, 5) is 0. The van der Waals surface area contributed by atoms with Crippen LogP contribution in [0.4, 0.5) is 0 Å². The van der Waals surface area contributed by atoms with Gasteiger partial charge in [0.15, 0.2) is 0 Å². The van der Waals surface area contributed by atoms with Crippen LogP contribution in [0.1, 0.15) is 18.9 Å². The van der Waals surface area contributed by atoms with Gasteiger partial charge in [0, 0.05) is 23.2 Å². The molecule has 3 heteroatoms. The first kappa shape index (κ1) is 11.9. The molecule has 0 spiro atoms. The monoisotopic (exact) mass is 253 g/mol. The smallest absolute Gasteiger partial charge is 0.0346 e. The number of hydrogen-bond acceptors (Lipinski definition) is 2. The third-order valence-corrected chi connectivity index (χ3v) is 3.97. The fourth-order valence-electron chi connectivity index (χ4n) is 1.72. The van der Waals surface area contributed by atoms with Gasteiger partial charge in [-0.15, -0.1) is 22.9 Å². The van der Waals surface area contributed by atoms with Gasteiger partial charge < -0.3 is 5.32 Å². The number of alkyl halides is 1. The Bertz CT molecular complexity index is 452. The van der Waals surface area contributed by atoms with E-state index in [1.807, 2.05) is 11.3 Å². The van der Waals surface area contributed by atoms with Crippen LogP contribution in [0.15, 0.2) is 29.6 Å². The molecule has 2 aromatic rings. The standard InChI is InChI=1S/C13H16ClNS/c1-10(6-7-14)15-8-11-9-16-13-5-3-2-4-12(11)13/h2-5,9-10,15H,6-8H2,1H3. The normalized spacial score (nSPS) is 13.1. The van der Waals surface area contributed by atoms with Crippen molar-refractivity contribution >= 4 is 33.0 Å². The number of thiophene rings is 1. The van der Waals surface area contributed by atoms with Crippen LogP contribution in [0.3, 0.4) is 0 Å². The van der Waals surface area contributed by atoms with Crippen LogP contribution in [0.2, 0.25) is 0 Å². The molecule has 2 rings (SSSR count). The van der Waals surface area contributed by atoms with Crippen LogP contribution in [0.25, 0.3) is 10.1 Å². The summed E-state index contributed by atoms with van der Waals surface area (Å²) in [6.07, 6.45) is 1.02. The Morgan fingerprint density at radius 3 is 3.00 bits per heavy atom. The molecule has 86 valence electrons. The maximum absolute atomic E-state index is 5.71. The molecule has 1 unspecified atom stereocenters. The van der Waals surface area contributed by atoms with Gasteiger partial charge in [-0.3, -0.25) is 0 Å². The molecule has 1 aromatic carbocycles. The topological polar surface area (TPSA) is 12.0 Å². The van der Waals surface area contributed by atoms with E-state index in [0.29, 0.717) is 6.04 Å². The second kappa shape index (κ2) is 5.67. The maximum Gasteiger partial charge on any atom is 0.0346 e. The molecule has 1 N–H and O–H groups in total. The van der Waals surface area contributed by atoms with Crippen LogP contribution in [0.5, 0.6) is 0 Å². The molecule has 1 nitrogen and oxygen atoms in total. The summed E-state index contributed by atoms with van der Waals surface area (Å²) in [5.41, 5.74) is 1.39. The van der Waals surface area contributed by atoms with Crippen LogP contribution in [-0.4, -0.2) is 11.9 Å². The molecule has 0 radical (unpaired) electrons. The van der Waals surface area contributed by atoms with E-state index >= 15 is 0 Å². The third-order valence-electron chi connectivity index (χ3n) is 2.74. The predicted molar refractivity (Wildman–Crippen MR) is 73.5 cm³/mol. The molecule has 16 heavy (non-hydrogen) atoms. The minimum absolute atomic E-state index is 0.483. The van der Waals surface area contributed by atoms with Gasteiger partial charge in [-0.1, -0.05) is 18.2 Å². The molecule has 1 aromatic heterocycles. The van der Waals surface area contributed by atoms with Crippen molar-refractivity contribution < 1.29 is 0 Å². The second-order valence-electron chi connectivity index (χ2n) is 4.02. The zero-order valence-corrected chi connectivity index (χ0v) is 10.9. The average molecular weight is 254 g/mol. The second-order valence-corrected chi connectivity index (χ2v) is 5.31. The van der Waals surface area contributed by atoms with Crippen LogP contribution in [-0.2, 0) is 6.54 Å². The average Bonchev–Trinajstić information content (AvgIpc) is 2.70. The zero-order chi connectivity index (χ0) is 11.4. The summed E-state index contributed by atoms with van der Waals surface area (Å²) in [5.74, 6) is 0.721. The molecular formula is C13H16ClNS. The molecule has 0 aliphatic heterocycles. The summed E-state index contributed by atoms with van der Waals surface area (Å²) in [6.45, 7) is 3.11. The van der Waals surface area contributed by atoms with E-state index in [9.17, 15) is 0 Å². The lowest BCUT2D eigenvalue weighted by Gasteiger charge is -2.11. The highest BCUT2D eigenvalue weighted by atomic mass is 35.5. The van der Waals surface area contributed by atoms with Crippen molar-refractivity contribution in [2.24, 2.45) is 0 Å². The van der Waals surface area contributed by atoms with Gasteiger partial charge in [-0.2, -0.15) is 0 Å². The van der Waals surface area contributed by atoms with Crippen molar-refractivity contribution in [3.8, 4) is 0 Å². The Kier molecular flexibility index (Phi) is 4.22. The lowest BCUT2D eigenvalue weighted by molar-refractivity contribution is 0.538. The summed E-state index contributed by atoms with van der Waals surface area (Å²) < 4.78 is 1.37. The molecule has 0 aliphatic rings. The van der Waals surface area contributed by atoms with Crippen molar-refractivity contribution in [3.05, 3.63) is 35.2 Å². The van der Waals surface area contributed by atoms with Gasteiger partial charge in [0.05, 0.1) is 0 Å². The lowest BCUT2D eigenvalue weighted by Crippen LogP contribution is -2.25. The Labute approximate surface area is 105 Å². The van der Waals surface area contributed by atoms with E-state index in [0.717, 1.165) is 18.8 Å². The molecule has 0 aliphatic carbocycles. The third kappa shape index (κ3) is 2.76. The Balaban J connectivity index is 2.04. The van der Waals surface area contributed by atoms with Crippen LogP contribution in [0, 0.1) is 0 Å². The Hall–Kier alpha value is -0.570.